The fourth-order valence-corrected chi connectivity index (χ4v) is 7.73. The summed E-state index contributed by atoms with van der Waals surface area (Å²) in [6, 6.07) is 69.6. The molecule has 7 heteroatoms. The lowest BCUT2D eigenvalue weighted by molar-refractivity contribution is 0.669. The van der Waals surface area contributed by atoms with Gasteiger partial charge >= 0.3 is 0 Å². The molecule has 0 unspecified atom stereocenters. The Labute approximate surface area is 351 Å². The summed E-state index contributed by atoms with van der Waals surface area (Å²) < 4.78 is 6.43. The lowest BCUT2D eigenvalue weighted by Crippen LogP contribution is -2.00. The molecule has 0 radical (unpaired) electrons. The fraction of sp³-hybridized carbons (Fsp3) is 0. The van der Waals surface area contributed by atoms with Crippen LogP contribution in [0.3, 0.4) is 0 Å². The van der Waals surface area contributed by atoms with Crippen LogP contribution in [0, 0.1) is 0 Å². The summed E-state index contributed by atoms with van der Waals surface area (Å²) >= 11 is 0. The second-order valence-electron chi connectivity index (χ2n) is 14.7. The SMILES string of the molecule is c1ccc(-c2nc(-c3ccccc3)nc(-c3ccc(-c4ccc5oc6cccc(-c7ccc(-c8nc(-c9ccccc9)nc(-c9ccccc9)n8)cc7)c6c5c4)cc3)n2)cc1. The fourth-order valence-electron chi connectivity index (χ4n) is 7.73. The van der Waals surface area contributed by atoms with E-state index in [2.05, 4.69) is 72.8 Å². The molecule has 11 rings (SSSR count). The molecule has 8 aromatic carbocycles. The molecule has 7 nitrogen and oxygen atoms in total. The topological polar surface area (TPSA) is 90.5 Å². The van der Waals surface area contributed by atoms with Crippen LogP contribution in [0.5, 0.6) is 0 Å². The van der Waals surface area contributed by atoms with Crippen molar-refractivity contribution in [2.75, 3.05) is 0 Å². The third-order valence-corrected chi connectivity index (χ3v) is 10.8. The second kappa shape index (κ2) is 15.4. The predicted molar refractivity (Wildman–Crippen MR) is 244 cm³/mol. The quantitative estimate of drug-likeness (QED) is 0.152. The number of aromatic nitrogens is 6. The van der Waals surface area contributed by atoms with Crippen molar-refractivity contribution in [3.8, 4) is 90.6 Å². The van der Waals surface area contributed by atoms with Crippen LogP contribution in [0.4, 0.5) is 0 Å². The van der Waals surface area contributed by atoms with E-state index in [1.54, 1.807) is 0 Å². The molecule has 3 aromatic heterocycles. The molecule has 61 heavy (non-hydrogen) atoms. The molecular formula is C54H34N6O. The minimum Gasteiger partial charge on any atom is -0.456 e. The van der Waals surface area contributed by atoms with Gasteiger partial charge in [-0.15, -0.1) is 0 Å². The number of furan rings is 1. The summed E-state index contributed by atoms with van der Waals surface area (Å²) in [5.41, 5.74) is 11.5. The zero-order chi connectivity index (χ0) is 40.5. The van der Waals surface area contributed by atoms with Crippen molar-refractivity contribution >= 4 is 21.9 Å². The van der Waals surface area contributed by atoms with Gasteiger partial charge in [-0.25, -0.2) is 29.9 Å². The first-order chi connectivity index (χ1) is 30.2. The Morgan fingerprint density at radius 1 is 0.246 bits per heavy atom. The van der Waals surface area contributed by atoms with E-state index in [-0.39, 0.29) is 0 Å². The van der Waals surface area contributed by atoms with Crippen molar-refractivity contribution in [1.82, 2.24) is 29.9 Å². The Morgan fingerprint density at radius 3 is 1.00 bits per heavy atom. The van der Waals surface area contributed by atoms with E-state index in [0.29, 0.717) is 34.9 Å². The van der Waals surface area contributed by atoms with Crippen LogP contribution >= 0.6 is 0 Å². The first-order valence-electron chi connectivity index (χ1n) is 20.1. The van der Waals surface area contributed by atoms with E-state index in [4.69, 9.17) is 34.3 Å². The standard InChI is InChI=1S/C54H34N6O/c1-5-14-37(15-6-1)49-55-50(38-16-7-2-8-17-38)58-53(57-49)41-28-24-35(25-29-41)43-32-33-46-45(34-43)48-44(22-13-23-47(48)61-46)36-26-30-42(31-27-36)54-59-51(39-18-9-3-10-19-39)56-52(60-54)40-20-11-4-12-21-40/h1-34H. The Kier molecular flexibility index (Phi) is 9.02. The number of rotatable bonds is 8. The predicted octanol–water partition coefficient (Wildman–Crippen LogP) is 13.3. The molecule has 0 N–H and O–H groups in total. The van der Waals surface area contributed by atoms with E-state index < -0.39 is 0 Å². The number of fused-ring (bicyclic) bond motifs is 3. The van der Waals surface area contributed by atoms with Gasteiger partial charge in [0.25, 0.3) is 0 Å². The van der Waals surface area contributed by atoms with Crippen molar-refractivity contribution in [3.05, 3.63) is 206 Å². The van der Waals surface area contributed by atoms with Crippen LogP contribution in [0.1, 0.15) is 0 Å². The summed E-state index contributed by atoms with van der Waals surface area (Å²) in [4.78, 5) is 29.4. The lowest BCUT2D eigenvalue weighted by Gasteiger charge is -2.10. The highest BCUT2D eigenvalue weighted by atomic mass is 16.3. The Morgan fingerprint density at radius 2 is 0.590 bits per heavy atom. The third-order valence-electron chi connectivity index (χ3n) is 10.8. The number of nitrogens with zero attached hydrogens (tertiary/aromatic N) is 6. The molecule has 0 amide bonds. The first-order valence-corrected chi connectivity index (χ1v) is 20.1. The molecule has 0 saturated heterocycles. The zero-order valence-electron chi connectivity index (χ0n) is 32.7. The highest BCUT2D eigenvalue weighted by molar-refractivity contribution is 6.13. The van der Waals surface area contributed by atoms with E-state index in [1.165, 1.54) is 0 Å². The largest absolute Gasteiger partial charge is 0.456 e. The highest BCUT2D eigenvalue weighted by Gasteiger charge is 2.17. The first kappa shape index (κ1) is 35.7. The Hall–Kier alpha value is -8.42. The van der Waals surface area contributed by atoms with Crippen LogP contribution in [0.25, 0.3) is 113 Å². The Bertz CT molecular complexity index is 3200. The van der Waals surface area contributed by atoms with Crippen molar-refractivity contribution in [3.63, 3.8) is 0 Å². The van der Waals surface area contributed by atoms with Gasteiger partial charge in [-0.3, -0.25) is 0 Å². The van der Waals surface area contributed by atoms with Gasteiger partial charge in [0.15, 0.2) is 34.9 Å². The molecule has 0 aliphatic carbocycles. The maximum Gasteiger partial charge on any atom is 0.164 e. The normalized spacial score (nSPS) is 11.3. The van der Waals surface area contributed by atoms with Gasteiger partial charge in [0.1, 0.15) is 11.2 Å². The second-order valence-corrected chi connectivity index (χ2v) is 14.7. The number of benzene rings is 8. The summed E-state index contributed by atoms with van der Waals surface area (Å²) in [5, 5.41) is 2.11. The molecule has 0 fully saturated rings. The molecule has 3 heterocycles. The molecule has 0 aliphatic heterocycles. The van der Waals surface area contributed by atoms with Gasteiger partial charge in [-0.2, -0.15) is 0 Å². The van der Waals surface area contributed by atoms with E-state index in [0.717, 1.165) is 77.6 Å². The molecule has 0 spiro atoms. The third kappa shape index (κ3) is 7.00. The van der Waals surface area contributed by atoms with Crippen LogP contribution < -0.4 is 0 Å². The maximum atomic E-state index is 6.43. The summed E-state index contributed by atoms with van der Waals surface area (Å²) in [6.45, 7) is 0. The zero-order valence-corrected chi connectivity index (χ0v) is 32.7. The molecule has 0 saturated carbocycles. The van der Waals surface area contributed by atoms with Gasteiger partial charge in [-0.1, -0.05) is 188 Å². The van der Waals surface area contributed by atoms with Crippen LogP contribution in [-0.2, 0) is 0 Å². The summed E-state index contributed by atoms with van der Waals surface area (Å²) in [7, 11) is 0. The Balaban J connectivity index is 0.937. The smallest absolute Gasteiger partial charge is 0.164 e. The van der Waals surface area contributed by atoms with Crippen LogP contribution in [0.15, 0.2) is 211 Å². The monoisotopic (exact) mass is 782 g/mol. The van der Waals surface area contributed by atoms with E-state index in [1.807, 2.05) is 133 Å². The molecular weight excluding hydrogens is 749 g/mol. The van der Waals surface area contributed by atoms with Crippen molar-refractivity contribution in [1.29, 1.82) is 0 Å². The van der Waals surface area contributed by atoms with E-state index in [9.17, 15) is 0 Å². The van der Waals surface area contributed by atoms with Gasteiger partial charge < -0.3 is 4.42 Å². The molecule has 11 aromatic rings. The highest BCUT2D eigenvalue weighted by Crippen LogP contribution is 2.39. The lowest BCUT2D eigenvalue weighted by atomic mass is 9.96. The minimum absolute atomic E-state index is 0.616. The maximum absolute atomic E-state index is 6.43. The molecule has 0 bridgehead atoms. The minimum atomic E-state index is 0.616. The molecule has 0 aliphatic rings. The van der Waals surface area contributed by atoms with Gasteiger partial charge in [-0.05, 0) is 40.5 Å². The van der Waals surface area contributed by atoms with Crippen molar-refractivity contribution in [2.24, 2.45) is 0 Å². The summed E-state index contributed by atoms with van der Waals surface area (Å²) in [6.07, 6.45) is 0. The van der Waals surface area contributed by atoms with Crippen LogP contribution in [-0.4, -0.2) is 29.9 Å². The van der Waals surface area contributed by atoms with Gasteiger partial charge in [0.05, 0.1) is 0 Å². The molecule has 0 atom stereocenters. The van der Waals surface area contributed by atoms with E-state index >= 15 is 0 Å². The number of hydrogen-bond acceptors (Lipinski definition) is 7. The van der Waals surface area contributed by atoms with Crippen molar-refractivity contribution in [2.45, 2.75) is 0 Å². The average molecular weight is 783 g/mol. The average Bonchev–Trinajstić information content (AvgIpc) is 3.73. The van der Waals surface area contributed by atoms with Gasteiger partial charge in [0, 0.05) is 44.2 Å². The van der Waals surface area contributed by atoms with Crippen molar-refractivity contribution < 1.29 is 4.42 Å². The van der Waals surface area contributed by atoms with Crippen LogP contribution in [0.2, 0.25) is 0 Å². The van der Waals surface area contributed by atoms with Gasteiger partial charge in [0.2, 0.25) is 0 Å². The molecule has 286 valence electrons. The number of hydrogen-bond donors (Lipinski definition) is 0. The summed E-state index contributed by atoms with van der Waals surface area (Å²) in [5.74, 6) is 3.77.